The van der Waals surface area contributed by atoms with Crippen LogP contribution in [0.25, 0.3) is 0 Å². The maximum absolute atomic E-state index is 11.7. The Morgan fingerprint density at radius 3 is 2.62 bits per heavy atom. The molecule has 0 radical (unpaired) electrons. The second-order valence-electron chi connectivity index (χ2n) is 5.51. The number of benzene rings is 1. The zero-order chi connectivity index (χ0) is 17.6. The Labute approximate surface area is 145 Å². The third-order valence-corrected chi connectivity index (χ3v) is 3.63. The smallest absolute Gasteiger partial charge is 0.243 e. The molecular formula is C20H29NO3. The molecule has 0 fully saturated rings. The summed E-state index contributed by atoms with van der Waals surface area (Å²) in [5, 5.41) is 2.88. The topological polar surface area (TPSA) is 47.6 Å². The fourth-order valence-corrected chi connectivity index (χ4v) is 2.26. The van der Waals surface area contributed by atoms with Gasteiger partial charge >= 0.3 is 0 Å². The molecule has 1 rings (SSSR count). The molecule has 1 amide bonds. The summed E-state index contributed by atoms with van der Waals surface area (Å²) in [6.07, 6.45) is 12.9. The van der Waals surface area contributed by atoms with Crippen molar-refractivity contribution >= 4 is 5.91 Å². The molecule has 0 aliphatic heterocycles. The van der Waals surface area contributed by atoms with Gasteiger partial charge in [-0.05, 0) is 37.0 Å². The van der Waals surface area contributed by atoms with Crippen molar-refractivity contribution in [3.05, 3.63) is 48.1 Å². The maximum Gasteiger partial charge on any atom is 0.243 e. The molecule has 0 atom stereocenters. The average molecular weight is 331 g/mol. The molecule has 4 nitrogen and oxygen atoms in total. The van der Waals surface area contributed by atoms with Gasteiger partial charge in [-0.15, -0.1) is 0 Å². The minimum atomic E-state index is -0.0753. The first-order valence-electron chi connectivity index (χ1n) is 8.53. The fourth-order valence-electron chi connectivity index (χ4n) is 2.26. The maximum atomic E-state index is 11.7. The van der Waals surface area contributed by atoms with E-state index in [-0.39, 0.29) is 5.91 Å². The van der Waals surface area contributed by atoms with Gasteiger partial charge in [0.05, 0.1) is 14.2 Å². The van der Waals surface area contributed by atoms with Crippen LogP contribution < -0.4 is 14.8 Å². The van der Waals surface area contributed by atoms with Gasteiger partial charge < -0.3 is 14.8 Å². The molecule has 0 aromatic heterocycles. The Kier molecular flexibility index (Phi) is 10.1. The van der Waals surface area contributed by atoms with Crippen molar-refractivity contribution in [2.45, 2.75) is 39.0 Å². The molecule has 0 aliphatic carbocycles. The number of allylic oxidation sites excluding steroid dienone is 3. The van der Waals surface area contributed by atoms with E-state index in [1.165, 1.54) is 19.3 Å². The zero-order valence-corrected chi connectivity index (χ0v) is 15.0. The Hall–Kier alpha value is -2.23. The Morgan fingerprint density at radius 1 is 1.12 bits per heavy atom. The first-order valence-corrected chi connectivity index (χ1v) is 8.53. The molecule has 0 spiro atoms. The number of nitrogens with one attached hydrogen (secondary N) is 1. The number of carbonyl (C=O) groups is 1. The molecule has 24 heavy (non-hydrogen) atoms. The number of ether oxygens (including phenoxy) is 2. The van der Waals surface area contributed by atoms with Gasteiger partial charge in [-0.2, -0.15) is 0 Å². The van der Waals surface area contributed by atoms with Gasteiger partial charge in [-0.25, -0.2) is 0 Å². The number of unbranched alkanes of at least 4 members (excludes halogenated alkanes) is 3. The second-order valence-corrected chi connectivity index (χ2v) is 5.51. The van der Waals surface area contributed by atoms with Crippen LogP contribution in [0.1, 0.15) is 38.2 Å². The van der Waals surface area contributed by atoms with Crippen LogP contribution in [-0.2, 0) is 11.2 Å². The molecule has 0 bridgehead atoms. The summed E-state index contributed by atoms with van der Waals surface area (Å²) in [6.45, 7) is 2.77. The van der Waals surface area contributed by atoms with Crippen LogP contribution in [-0.4, -0.2) is 26.7 Å². The van der Waals surface area contributed by atoms with Crippen LogP contribution in [0.3, 0.4) is 0 Å². The highest BCUT2D eigenvalue weighted by atomic mass is 16.5. The van der Waals surface area contributed by atoms with E-state index in [0.29, 0.717) is 18.0 Å². The molecule has 0 saturated carbocycles. The summed E-state index contributed by atoms with van der Waals surface area (Å²) >= 11 is 0. The van der Waals surface area contributed by atoms with Crippen molar-refractivity contribution < 1.29 is 14.3 Å². The molecule has 1 aromatic carbocycles. The zero-order valence-electron chi connectivity index (χ0n) is 15.0. The number of amides is 1. The van der Waals surface area contributed by atoms with E-state index in [2.05, 4.69) is 18.3 Å². The third kappa shape index (κ3) is 7.86. The highest BCUT2D eigenvalue weighted by Crippen LogP contribution is 2.27. The number of rotatable bonds is 11. The van der Waals surface area contributed by atoms with E-state index in [0.717, 1.165) is 18.4 Å². The van der Waals surface area contributed by atoms with Crippen molar-refractivity contribution in [3.63, 3.8) is 0 Å². The Bertz CT molecular complexity index is 550. The normalized spacial score (nSPS) is 11.1. The number of hydrogen-bond acceptors (Lipinski definition) is 3. The van der Waals surface area contributed by atoms with Crippen LogP contribution in [0.4, 0.5) is 0 Å². The van der Waals surface area contributed by atoms with E-state index >= 15 is 0 Å². The summed E-state index contributed by atoms with van der Waals surface area (Å²) in [6, 6.07) is 5.78. The van der Waals surface area contributed by atoms with Crippen molar-refractivity contribution in [1.29, 1.82) is 0 Å². The SMILES string of the molecule is CCCCC/C=C/C=C/C(=O)NCCc1ccc(OC)c(OC)c1. The van der Waals surface area contributed by atoms with E-state index in [1.807, 2.05) is 24.3 Å². The summed E-state index contributed by atoms with van der Waals surface area (Å²) < 4.78 is 10.5. The lowest BCUT2D eigenvalue weighted by atomic mass is 10.1. The predicted octanol–water partition coefficient (Wildman–Crippen LogP) is 4.06. The summed E-state index contributed by atoms with van der Waals surface area (Å²) in [7, 11) is 3.23. The van der Waals surface area contributed by atoms with Crippen LogP contribution in [0.5, 0.6) is 11.5 Å². The van der Waals surface area contributed by atoms with Gasteiger partial charge in [0.1, 0.15) is 0 Å². The molecule has 1 N–H and O–H groups in total. The minimum absolute atomic E-state index is 0.0753. The van der Waals surface area contributed by atoms with Crippen LogP contribution in [0.15, 0.2) is 42.5 Å². The number of hydrogen-bond donors (Lipinski definition) is 1. The quantitative estimate of drug-likeness (QED) is 0.378. The molecular weight excluding hydrogens is 302 g/mol. The molecule has 0 aliphatic rings. The monoisotopic (exact) mass is 331 g/mol. The highest BCUT2D eigenvalue weighted by Gasteiger charge is 2.04. The Balaban J connectivity index is 2.30. The lowest BCUT2D eigenvalue weighted by Crippen LogP contribution is -2.23. The van der Waals surface area contributed by atoms with E-state index in [1.54, 1.807) is 26.4 Å². The van der Waals surface area contributed by atoms with E-state index in [9.17, 15) is 4.79 Å². The summed E-state index contributed by atoms with van der Waals surface area (Å²) in [4.78, 5) is 11.7. The molecule has 0 saturated heterocycles. The number of carbonyl (C=O) groups excluding carboxylic acids is 1. The fraction of sp³-hybridized carbons (Fsp3) is 0.450. The lowest BCUT2D eigenvalue weighted by molar-refractivity contribution is -0.116. The van der Waals surface area contributed by atoms with Gasteiger partial charge in [-0.1, -0.05) is 44.1 Å². The van der Waals surface area contributed by atoms with Crippen LogP contribution >= 0.6 is 0 Å². The van der Waals surface area contributed by atoms with Gasteiger partial charge in [-0.3, -0.25) is 4.79 Å². The van der Waals surface area contributed by atoms with Crippen molar-refractivity contribution in [2.24, 2.45) is 0 Å². The van der Waals surface area contributed by atoms with Crippen LogP contribution in [0.2, 0.25) is 0 Å². The highest BCUT2D eigenvalue weighted by molar-refractivity contribution is 5.87. The molecule has 0 heterocycles. The molecule has 1 aromatic rings. The summed E-state index contributed by atoms with van der Waals surface area (Å²) in [5.74, 6) is 1.34. The van der Waals surface area contributed by atoms with Gasteiger partial charge in [0.25, 0.3) is 0 Å². The van der Waals surface area contributed by atoms with Gasteiger partial charge in [0, 0.05) is 12.6 Å². The van der Waals surface area contributed by atoms with Gasteiger partial charge in [0.15, 0.2) is 11.5 Å². The lowest BCUT2D eigenvalue weighted by Gasteiger charge is -2.09. The van der Waals surface area contributed by atoms with Crippen molar-refractivity contribution in [2.75, 3.05) is 20.8 Å². The van der Waals surface area contributed by atoms with Crippen molar-refractivity contribution in [3.8, 4) is 11.5 Å². The summed E-state index contributed by atoms with van der Waals surface area (Å²) in [5.41, 5.74) is 1.09. The molecule has 132 valence electrons. The predicted molar refractivity (Wildman–Crippen MR) is 98.7 cm³/mol. The first kappa shape index (κ1) is 19.8. The number of methoxy groups -OCH3 is 2. The second kappa shape index (κ2) is 12.2. The minimum Gasteiger partial charge on any atom is -0.493 e. The Morgan fingerprint density at radius 2 is 1.92 bits per heavy atom. The standard InChI is InChI=1S/C20H29NO3/c1-4-5-6-7-8-9-10-11-20(22)21-15-14-17-12-13-18(23-2)19(16-17)24-3/h8-13,16H,4-7,14-15H2,1-3H3,(H,21,22)/b9-8+,11-10+. The van der Waals surface area contributed by atoms with Crippen molar-refractivity contribution in [1.82, 2.24) is 5.32 Å². The largest absolute Gasteiger partial charge is 0.493 e. The third-order valence-electron chi connectivity index (χ3n) is 3.63. The average Bonchev–Trinajstić information content (AvgIpc) is 2.60. The van der Waals surface area contributed by atoms with Crippen LogP contribution in [0, 0.1) is 0 Å². The van der Waals surface area contributed by atoms with E-state index < -0.39 is 0 Å². The van der Waals surface area contributed by atoms with Gasteiger partial charge in [0.2, 0.25) is 5.91 Å². The first-order chi connectivity index (χ1) is 11.7. The van der Waals surface area contributed by atoms with E-state index in [4.69, 9.17) is 9.47 Å². The molecule has 4 heteroatoms. The molecule has 0 unspecified atom stereocenters.